The summed E-state index contributed by atoms with van der Waals surface area (Å²) in [5.74, 6) is 4.20. The summed E-state index contributed by atoms with van der Waals surface area (Å²) in [4.78, 5) is 0. The van der Waals surface area contributed by atoms with Gasteiger partial charge in [0.1, 0.15) is 0 Å². The third-order valence-electron chi connectivity index (χ3n) is 5.57. The fourth-order valence-corrected chi connectivity index (χ4v) is 5.33. The van der Waals surface area contributed by atoms with E-state index in [4.69, 9.17) is 0 Å². The second-order valence-corrected chi connectivity index (χ2v) is 7.13. The lowest BCUT2D eigenvalue weighted by molar-refractivity contribution is -0.0700. The van der Waals surface area contributed by atoms with Gasteiger partial charge >= 0.3 is 0 Å². The van der Waals surface area contributed by atoms with Crippen LogP contribution in [0.4, 0.5) is 0 Å². The van der Waals surface area contributed by atoms with Gasteiger partial charge in [0, 0.05) is 18.3 Å². The number of nitrogens with one attached hydrogen (secondary N) is 1. The molecule has 0 spiro atoms. The zero-order valence-electron chi connectivity index (χ0n) is 10.4. The van der Waals surface area contributed by atoms with E-state index in [1.165, 1.54) is 19.3 Å². The Bertz CT molecular complexity index is 228. The summed E-state index contributed by atoms with van der Waals surface area (Å²) in [6.45, 7) is 3.50. The van der Waals surface area contributed by atoms with E-state index in [0.29, 0.717) is 11.5 Å². The Morgan fingerprint density at radius 2 is 1.62 bits per heavy atom. The molecule has 0 aromatic rings. The van der Waals surface area contributed by atoms with Crippen LogP contribution in [0.2, 0.25) is 0 Å². The highest BCUT2D eigenvalue weighted by atomic mass is 32.1. The van der Waals surface area contributed by atoms with Gasteiger partial charge < -0.3 is 5.32 Å². The van der Waals surface area contributed by atoms with Crippen molar-refractivity contribution >= 4 is 12.6 Å². The zero-order valence-corrected chi connectivity index (χ0v) is 11.3. The van der Waals surface area contributed by atoms with E-state index in [9.17, 15) is 0 Å². The highest BCUT2D eigenvalue weighted by Crippen LogP contribution is 2.61. The molecule has 1 N–H and O–H groups in total. The van der Waals surface area contributed by atoms with Gasteiger partial charge in [0.2, 0.25) is 0 Å². The van der Waals surface area contributed by atoms with Gasteiger partial charge in [-0.25, -0.2) is 0 Å². The second kappa shape index (κ2) is 4.20. The average Bonchev–Trinajstić information content (AvgIpc) is 2.24. The van der Waals surface area contributed by atoms with E-state index in [1.54, 1.807) is 19.3 Å². The lowest BCUT2D eigenvalue weighted by Crippen LogP contribution is -2.55. The summed E-state index contributed by atoms with van der Waals surface area (Å²) in [6, 6.07) is 0.716. The molecule has 4 fully saturated rings. The maximum absolute atomic E-state index is 4.31. The first kappa shape index (κ1) is 11.4. The quantitative estimate of drug-likeness (QED) is 0.718. The van der Waals surface area contributed by atoms with Crippen molar-refractivity contribution in [1.29, 1.82) is 0 Å². The lowest BCUT2D eigenvalue weighted by Gasteiger charge is -2.59. The standard InChI is InChI=1S/C14H25NS/c1-10(15-2-3-16)14-7-11-4-12(8-14)6-13(5-11)9-14/h10-13,15-16H,2-9H2,1H3. The van der Waals surface area contributed by atoms with Gasteiger partial charge in [0.05, 0.1) is 0 Å². The molecule has 0 radical (unpaired) electrons. The van der Waals surface area contributed by atoms with E-state index in [0.717, 1.165) is 30.1 Å². The Kier molecular flexibility index (Phi) is 3.00. The van der Waals surface area contributed by atoms with E-state index < -0.39 is 0 Å². The Hall–Kier alpha value is 0.310. The normalized spacial score (nSPS) is 47.2. The first-order chi connectivity index (χ1) is 7.72. The first-order valence-corrected chi connectivity index (χ1v) is 7.69. The largest absolute Gasteiger partial charge is 0.313 e. The van der Waals surface area contributed by atoms with Crippen molar-refractivity contribution in [1.82, 2.24) is 5.32 Å². The minimum atomic E-state index is 0.664. The molecule has 0 heterocycles. The average molecular weight is 239 g/mol. The number of rotatable bonds is 4. The SMILES string of the molecule is CC(NCCS)C12CC3CC(CC(C3)C1)C2. The Morgan fingerprint density at radius 1 is 1.12 bits per heavy atom. The highest BCUT2D eigenvalue weighted by Gasteiger charge is 2.52. The molecule has 4 aliphatic carbocycles. The van der Waals surface area contributed by atoms with Crippen LogP contribution in [0, 0.1) is 23.2 Å². The predicted molar refractivity (Wildman–Crippen MR) is 71.9 cm³/mol. The van der Waals surface area contributed by atoms with Gasteiger partial charge in [-0.1, -0.05) is 0 Å². The van der Waals surface area contributed by atoms with E-state index in [-0.39, 0.29) is 0 Å². The molecule has 0 saturated heterocycles. The van der Waals surface area contributed by atoms with Gasteiger partial charge in [-0.3, -0.25) is 0 Å². The zero-order chi connectivity index (χ0) is 11.2. The maximum Gasteiger partial charge on any atom is 0.00958 e. The fourth-order valence-electron chi connectivity index (χ4n) is 5.21. The van der Waals surface area contributed by atoms with Crippen molar-refractivity contribution in [2.45, 2.75) is 51.5 Å². The summed E-state index contributed by atoms with van der Waals surface area (Å²) in [5.41, 5.74) is 0.664. The molecule has 4 saturated carbocycles. The van der Waals surface area contributed by atoms with Crippen LogP contribution in [0.1, 0.15) is 45.4 Å². The maximum atomic E-state index is 4.31. The van der Waals surface area contributed by atoms with Gasteiger partial charge in [0.25, 0.3) is 0 Å². The minimum Gasteiger partial charge on any atom is -0.313 e. The monoisotopic (exact) mass is 239 g/mol. The first-order valence-electron chi connectivity index (χ1n) is 7.06. The molecule has 92 valence electrons. The summed E-state index contributed by atoms with van der Waals surface area (Å²) in [6.07, 6.45) is 9.20. The third kappa shape index (κ3) is 1.82. The van der Waals surface area contributed by atoms with Crippen molar-refractivity contribution in [3.8, 4) is 0 Å². The molecule has 4 rings (SSSR count). The van der Waals surface area contributed by atoms with E-state index in [2.05, 4.69) is 24.9 Å². The van der Waals surface area contributed by atoms with Crippen molar-refractivity contribution in [3.63, 3.8) is 0 Å². The van der Waals surface area contributed by atoms with Gasteiger partial charge in [-0.05, 0) is 68.6 Å². The smallest absolute Gasteiger partial charge is 0.00958 e. The van der Waals surface area contributed by atoms with Crippen molar-refractivity contribution in [2.24, 2.45) is 23.2 Å². The van der Waals surface area contributed by atoms with Gasteiger partial charge in [0.15, 0.2) is 0 Å². The van der Waals surface area contributed by atoms with E-state index >= 15 is 0 Å². The molecular formula is C14H25NS. The molecule has 16 heavy (non-hydrogen) atoms. The molecule has 1 nitrogen and oxygen atoms in total. The fraction of sp³-hybridized carbons (Fsp3) is 1.00. The van der Waals surface area contributed by atoms with Crippen LogP contribution in [0.25, 0.3) is 0 Å². The molecule has 4 aliphatic rings. The molecule has 0 aromatic heterocycles. The number of thiol groups is 1. The van der Waals surface area contributed by atoms with Crippen LogP contribution in [0.15, 0.2) is 0 Å². The van der Waals surface area contributed by atoms with Crippen molar-refractivity contribution in [2.75, 3.05) is 12.3 Å². The molecule has 0 amide bonds. The summed E-state index contributed by atoms with van der Waals surface area (Å²) >= 11 is 4.31. The minimum absolute atomic E-state index is 0.664. The van der Waals surface area contributed by atoms with Crippen LogP contribution in [-0.4, -0.2) is 18.3 Å². The molecule has 4 bridgehead atoms. The summed E-state index contributed by atoms with van der Waals surface area (Å²) in [5, 5.41) is 3.71. The summed E-state index contributed by atoms with van der Waals surface area (Å²) < 4.78 is 0. The van der Waals surface area contributed by atoms with Crippen LogP contribution < -0.4 is 5.32 Å². The predicted octanol–water partition coefficient (Wildman–Crippen LogP) is 3.11. The topological polar surface area (TPSA) is 12.0 Å². The highest BCUT2D eigenvalue weighted by molar-refractivity contribution is 7.80. The Labute approximate surface area is 105 Å². The molecule has 0 aromatic carbocycles. The Balaban J connectivity index is 1.72. The molecule has 0 aliphatic heterocycles. The van der Waals surface area contributed by atoms with Gasteiger partial charge in [-0.15, -0.1) is 0 Å². The number of hydrogen-bond acceptors (Lipinski definition) is 2. The molecule has 1 atom stereocenters. The Morgan fingerprint density at radius 3 is 2.06 bits per heavy atom. The van der Waals surface area contributed by atoms with Crippen molar-refractivity contribution in [3.05, 3.63) is 0 Å². The van der Waals surface area contributed by atoms with Gasteiger partial charge in [-0.2, -0.15) is 12.6 Å². The molecular weight excluding hydrogens is 214 g/mol. The molecule has 1 unspecified atom stereocenters. The third-order valence-corrected chi connectivity index (χ3v) is 5.79. The second-order valence-electron chi connectivity index (χ2n) is 6.68. The van der Waals surface area contributed by atoms with Crippen LogP contribution in [-0.2, 0) is 0 Å². The van der Waals surface area contributed by atoms with Crippen molar-refractivity contribution < 1.29 is 0 Å². The van der Waals surface area contributed by atoms with Crippen LogP contribution in [0.3, 0.4) is 0 Å². The summed E-state index contributed by atoms with van der Waals surface area (Å²) in [7, 11) is 0. The number of hydrogen-bond donors (Lipinski definition) is 2. The van der Waals surface area contributed by atoms with Crippen LogP contribution >= 0.6 is 12.6 Å². The molecule has 2 heteroatoms. The van der Waals surface area contributed by atoms with E-state index in [1.807, 2.05) is 0 Å². The van der Waals surface area contributed by atoms with Crippen LogP contribution in [0.5, 0.6) is 0 Å². The lowest BCUT2D eigenvalue weighted by atomic mass is 9.48.